The largest absolute Gasteiger partial charge is 0.478 e. The van der Waals surface area contributed by atoms with E-state index in [0.717, 1.165) is 6.07 Å². The summed E-state index contributed by atoms with van der Waals surface area (Å²) in [5.41, 5.74) is 4.29. The molecule has 0 bridgehead atoms. The number of nitro groups is 1. The van der Waals surface area contributed by atoms with E-state index >= 15 is 0 Å². The number of rotatable bonds is 5. The number of benzene rings is 1. The van der Waals surface area contributed by atoms with Crippen LogP contribution in [0.2, 0.25) is 0 Å². The summed E-state index contributed by atoms with van der Waals surface area (Å²) in [4.78, 5) is 31.1. The Morgan fingerprint density at radius 1 is 1.47 bits per heavy atom. The number of amides is 1. The Hall–Kier alpha value is -2.64. The van der Waals surface area contributed by atoms with Gasteiger partial charge >= 0.3 is 5.97 Å². The maximum Gasteiger partial charge on any atom is 0.335 e. The predicted octanol–water partition coefficient (Wildman–Crippen LogP) is 0.190. The fourth-order valence-corrected chi connectivity index (χ4v) is 1.15. The lowest BCUT2D eigenvalue weighted by Crippen LogP contribution is -2.22. The average molecular weight is 239 g/mol. The van der Waals surface area contributed by atoms with Crippen LogP contribution in [0, 0.1) is 10.1 Å². The number of aromatic carboxylic acids is 1. The van der Waals surface area contributed by atoms with Crippen LogP contribution < -0.4 is 11.1 Å². The monoisotopic (exact) mass is 239 g/mol. The van der Waals surface area contributed by atoms with Gasteiger partial charge in [-0.15, -0.1) is 0 Å². The molecule has 0 aromatic heterocycles. The maximum atomic E-state index is 10.7. The van der Waals surface area contributed by atoms with Crippen LogP contribution in [0.3, 0.4) is 0 Å². The quantitative estimate of drug-likeness (QED) is 0.495. The van der Waals surface area contributed by atoms with Crippen molar-refractivity contribution in [1.29, 1.82) is 0 Å². The van der Waals surface area contributed by atoms with Crippen molar-refractivity contribution in [2.45, 2.75) is 0 Å². The molecule has 17 heavy (non-hydrogen) atoms. The van der Waals surface area contributed by atoms with E-state index in [2.05, 4.69) is 5.32 Å². The highest BCUT2D eigenvalue weighted by Gasteiger charge is 2.17. The van der Waals surface area contributed by atoms with Gasteiger partial charge in [-0.05, 0) is 12.1 Å². The van der Waals surface area contributed by atoms with Gasteiger partial charge in [0.25, 0.3) is 5.69 Å². The number of carbonyl (C=O) groups is 2. The van der Waals surface area contributed by atoms with Gasteiger partial charge in [0.05, 0.1) is 17.0 Å². The lowest BCUT2D eigenvalue weighted by atomic mass is 10.1. The number of carboxylic acids is 1. The van der Waals surface area contributed by atoms with Crippen LogP contribution in [0.15, 0.2) is 18.2 Å². The van der Waals surface area contributed by atoms with Gasteiger partial charge in [-0.1, -0.05) is 0 Å². The van der Waals surface area contributed by atoms with E-state index in [9.17, 15) is 19.7 Å². The number of carbonyl (C=O) groups excluding carboxylic acids is 1. The van der Waals surface area contributed by atoms with Gasteiger partial charge < -0.3 is 16.2 Å². The summed E-state index contributed by atoms with van der Waals surface area (Å²) in [5, 5.41) is 21.8. The first kappa shape index (κ1) is 12.4. The van der Waals surface area contributed by atoms with Crippen molar-refractivity contribution in [1.82, 2.24) is 0 Å². The van der Waals surface area contributed by atoms with E-state index in [-0.39, 0.29) is 17.8 Å². The van der Waals surface area contributed by atoms with Crippen LogP contribution in [0.5, 0.6) is 0 Å². The molecule has 0 spiro atoms. The number of primary amides is 1. The third-order valence-corrected chi connectivity index (χ3v) is 1.89. The number of carboxylic acid groups (broad SMARTS) is 1. The topological polar surface area (TPSA) is 136 Å². The first-order valence-electron chi connectivity index (χ1n) is 4.45. The lowest BCUT2D eigenvalue weighted by Gasteiger charge is -2.05. The Labute approximate surface area is 95.2 Å². The molecule has 0 saturated carbocycles. The van der Waals surface area contributed by atoms with Crippen LogP contribution in [0.25, 0.3) is 0 Å². The summed E-state index contributed by atoms with van der Waals surface area (Å²) >= 11 is 0. The Morgan fingerprint density at radius 2 is 2.12 bits per heavy atom. The molecule has 0 unspecified atom stereocenters. The van der Waals surface area contributed by atoms with E-state index in [1.54, 1.807) is 0 Å². The highest BCUT2D eigenvalue weighted by molar-refractivity contribution is 5.90. The van der Waals surface area contributed by atoms with Gasteiger partial charge in [0.1, 0.15) is 5.69 Å². The van der Waals surface area contributed by atoms with Crippen molar-refractivity contribution in [3.8, 4) is 0 Å². The second-order valence-electron chi connectivity index (χ2n) is 3.11. The number of hydrogen-bond acceptors (Lipinski definition) is 5. The number of anilines is 1. The standard InChI is InChI=1S/C9H9N3O5/c10-8(13)4-11-6-2-1-5(9(14)15)3-7(6)12(16)17/h1-3,11H,4H2,(H2,10,13)(H,14,15). The molecule has 0 fully saturated rings. The molecule has 8 heteroatoms. The molecular weight excluding hydrogens is 230 g/mol. The Balaban J connectivity index is 3.08. The van der Waals surface area contributed by atoms with Gasteiger partial charge in [-0.2, -0.15) is 0 Å². The lowest BCUT2D eigenvalue weighted by molar-refractivity contribution is -0.384. The van der Waals surface area contributed by atoms with E-state index in [0.29, 0.717) is 0 Å². The summed E-state index contributed by atoms with van der Waals surface area (Å²) < 4.78 is 0. The van der Waals surface area contributed by atoms with Crippen LogP contribution >= 0.6 is 0 Å². The molecule has 4 N–H and O–H groups in total. The zero-order chi connectivity index (χ0) is 13.0. The molecule has 0 aliphatic carbocycles. The molecule has 1 rings (SSSR count). The summed E-state index contributed by atoms with van der Waals surface area (Å²) in [6.07, 6.45) is 0. The average Bonchev–Trinajstić information content (AvgIpc) is 2.25. The Bertz CT molecular complexity index is 486. The highest BCUT2D eigenvalue weighted by Crippen LogP contribution is 2.25. The van der Waals surface area contributed by atoms with Crippen LogP contribution in [-0.2, 0) is 4.79 Å². The third kappa shape index (κ3) is 3.16. The molecule has 0 aliphatic rings. The first-order chi connectivity index (χ1) is 7.91. The van der Waals surface area contributed by atoms with E-state index in [4.69, 9.17) is 10.8 Å². The molecule has 1 aromatic carbocycles. The molecule has 0 heterocycles. The van der Waals surface area contributed by atoms with Gasteiger partial charge in [0.2, 0.25) is 5.91 Å². The van der Waals surface area contributed by atoms with Crippen molar-refractivity contribution in [2.24, 2.45) is 5.73 Å². The van der Waals surface area contributed by atoms with E-state index in [1.165, 1.54) is 12.1 Å². The van der Waals surface area contributed by atoms with Crippen molar-refractivity contribution in [3.05, 3.63) is 33.9 Å². The zero-order valence-electron chi connectivity index (χ0n) is 8.54. The second-order valence-corrected chi connectivity index (χ2v) is 3.11. The van der Waals surface area contributed by atoms with Gasteiger partial charge in [-0.3, -0.25) is 14.9 Å². The minimum Gasteiger partial charge on any atom is -0.478 e. The van der Waals surface area contributed by atoms with Gasteiger partial charge in [-0.25, -0.2) is 4.79 Å². The SMILES string of the molecule is NC(=O)CNc1ccc(C(=O)O)cc1[N+](=O)[O-]. The summed E-state index contributed by atoms with van der Waals surface area (Å²) in [6.45, 7) is -0.271. The first-order valence-corrected chi connectivity index (χ1v) is 4.45. The fraction of sp³-hybridized carbons (Fsp3) is 0.111. The van der Waals surface area contributed by atoms with Crippen molar-refractivity contribution < 1.29 is 19.6 Å². The molecular formula is C9H9N3O5. The van der Waals surface area contributed by atoms with E-state index in [1.807, 2.05) is 0 Å². The van der Waals surface area contributed by atoms with E-state index < -0.39 is 22.5 Å². The molecule has 0 saturated heterocycles. The number of nitrogens with one attached hydrogen (secondary N) is 1. The number of nitro benzene ring substituents is 1. The fourth-order valence-electron chi connectivity index (χ4n) is 1.15. The summed E-state index contributed by atoms with van der Waals surface area (Å²) in [7, 11) is 0. The minimum absolute atomic E-state index is 0.0406. The number of nitrogens with zero attached hydrogens (tertiary/aromatic N) is 1. The second kappa shape index (κ2) is 4.92. The summed E-state index contributed by atoms with van der Waals surface area (Å²) in [5.74, 6) is -1.95. The molecule has 1 aromatic rings. The molecule has 0 aliphatic heterocycles. The van der Waals surface area contributed by atoms with Gasteiger partial charge in [0, 0.05) is 6.07 Å². The molecule has 0 radical (unpaired) electrons. The third-order valence-electron chi connectivity index (χ3n) is 1.89. The normalized spacial score (nSPS) is 9.65. The molecule has 0 atom stereocenters. The number of hydrogen-bond donors (Lipinski definition) is 3. The summed E-state index contributed by atoms with van der Waals surface area (Å²) in [6, 6.07) is 3.31. The molecule has 1 amide bonds. The van der Waals surface area contributed by atoms with Crippen LogP contribution in [0.1, 0.15) is 10.4 Å². The predicted molar refractivity (Wildman–Crippen MR) is 57.7 cm³/mol. The number of nitrogens with two attached hydrogens (primary N) is 1. The van der Waals surface area contributed by atoms with Crippen LogP contribution in [0.4, 0.5) is 11.4 Å². The van der Waals surface area contributed by atoms with Crippen molar-refractivity contribution in [2.75, 3.05) is 11.9 Å². The van der Waals surface area contributed by atoms with Crippen molar-refractivity contribution >= 4 is 23.3 Å². The van der Waals surface area contributed by atoms with Gasteiger partial charge in [0.15, 0.2) is 0 Å². The highest BCUT2D eigenvalue weighted by atomic mass is 16.6. The minimum atomic E-state index is -1.27. The van der Waals surface area contributed by atoms with Crippen LogP contribution in [-0.4, -0.2) is 28.5 Å². The smallest absolute Gasteiger partial charge is 0.335 e. The maximum absolute atomic E-state index is 10.7. The Kier molecular flexibility index (Phi) is 3.60. The zero-order valence-corrected chi connectivity index (χ0v) is 8.54. The van der Waals surface area contributed by atoms with Crippen molar-refractivity contribution in [3.63, 3.8) is 0 Å². The molecule has 8 nitrogen and oxygen atoms in total. The Morgan fingerprint density at radius 3 is 2.59 bits per heavy atom. The molecule has 90 valence electrons.